The summed E-state index contributed by atoms with van der Waals surface area (Å²) in [6, 6.07) is 5.38. The number of urea groups is 1. The van der Waals surface area contributed by atoms with Crippen LogP contribution < -0.4 is 10.6 Å². The molecule has 0 radical (unpaired) electrons. The number of halogens is 3. The number of nitrogens with one attached hydrogen (secondary N) is 2. The fourth-order valence-corrected chi connectivity index (χ4v) is 1.71. The Morgan fingerprint density at radius 2 is 1.95 bits per heavy atom. The zero-order chi connectivity index (χ0) is 15.5. The average molecular weight is 299 g/mol. The van der Waals surface area contributed by atoms with Gasteiger partial charge in [-0.3, -0.25) is 5.32 Å². The fourth-order valence-electron chi connectivity index (χ4n) is 1.71. The molecule has 112 valence electrons. The molecule has 0 spiro atoms. The van der Waals surface area contributed by atoms with E-state index < -0.39 is 18.2 Å². The summed E-state index contributed by atoms with van der Waals surface area (Å²) >= 11 is 0. The van der Waals surface area contributed by atoms with E-state index in [1.807, 2.05) is 5.32 Å². The van der Waals surface area contributed by atoms with Gasteiger partial charge in [0.1, 0.15) is 5.76 Å². The number of aromatic nitrogens is 1. The van der Waals surface area contributed by atoms with E-state index in [4.69, 9.17) is 4.52 Å². The fraction of sp³-hybridized carbons (Fsp3) is 0.231. The number of carbonyl (C=O) groups excluding carboxylic acids is 1. The van der Waals surface area contributed by atoms with Crippen molar-refractivity contribution < 1.29 is 22.5 Å². The predicted octanol–water partition coefficient (Wildman–Crippen LogP) is 3.41. The van der Waals surface area contributed by atoms with E-state index in [1.165, 1.54) is 30.3 Å². The van der Waals surface area contributed by atoms with Crippen LogP contribution in [0.5, 0.6) is 0 Å². The Labute approximate surface area is 118 Å². The largest absolute Gasteiger partial charge is 0.412 e. The van der Waals surface area contributed by atoms with Gasteiger partial charge in [0.2, 0.25) is 0 Å². The van der Waals surface area contributed by atoms with E-state index in [0.29, 0.717) is 5.76 Å². The van der Waals surface area contributed by atoms with Gasteiger partial charge in [-0.1, -0.05) is 35.5 Å². The molecule has 2 rings (SSSR count). The number of amides is 2. The van der Waals surface area contributed by atoms with Gasteiger partial charge in [0.05, 0.1) is 0 Å². The number of alkyl halides is 3. The molecule has 0 bridgehead atoms. The van der Waals surface area contributed by atoms with Crippen LogP contribution in [0.25, 0.3) is 0 Å². The normalized spacial score (nSPS) is 12.8. The SMILES string of the molecule is Cc1cc(NC(=O)NC(c2ccccc2)C(F)(F)F)no1. The molecule has 8 heteroatoms. The van der Waals surface area contributed by atoms with Crippen LogP contribution in [0.1, 0.15) is 17.4 Å². The van der Waals surface area contributed by atoms with Crippen molar-refractivity contribution in [3.8, 4) is 0 Å². The number of anilines is 1. The highest BCUT2D eigenvalue weighted by Crippen LogP contribution is 2.32. The zero-order valence-electron chi connectivity index (χ0n) is 10.9. The minimum Gasteiger partial charge on any atom is -0.360 e. The van der Waals surface area contributed by atoms with E-state index >= 15 is 0 Å². The molecule has 1 atom stereocenters. The molecule has 1 aromatic heterocycles. The van der Waals surface area contributed by atoms with Gasteiger partial charge in [0, 0.05) is 6.07 Å². The number of carbonyl (C=O) groups is 1. The Hall–Kier alpha value is -2.51. The Morgan fingerprint density at radius 1 is 1.29 bits per heavy atom. The van der Waals surface area contributed by atoms with Crippen molar-refractivity contribution in [2.75, 3.05) is 5.32 Å². The van der Waals surface area contributed by atoms with Crippen molar-refractivity contribution in [3.63, 3.8) is 0 Å². The van der Waals surface area contributed by atoms with Crippen LogP contribution in [0.2, 0.25) is 0 Å². The summed E-state index contributed by atoms with van der Waals surface area (Å²) in [7, 11) is 0. The first kappa shape index (κ1) is 14.9. The molecular weight excluding hydrogens is 287 g/mol. The van der Waals surface area contributed by atoms with E-state index in [9.17, 15) is 18.0 Å². The number of hydrogen-bond donors (Lipinski definition) is 2. The lowest BCUT2D eigenvalue weighted by Crippen LogP contribution is -2.40. The first-order chi connectivity index (χ1) is 9.86. The first-order valence-electron chi connectivity index (χ1n) is 5.99. The maximum Gasteiger partial charge on any atom is 0.412 e. The van der Waals surface area contributed by atoms with Crippen LogP contribution >= 0.6 is 0 Å². The van der Waals surface area contributed by atoms with Crippen molar-refractivity contribution in [2.24, 2.45) is 0 Å². The van der Waals surface area contributed by atoms with Crippen LogP contribution in [-0.2, 0) is 0 Å². The molecule has 1 unspecified atom stereocenters. The third-order valence-electron chi connectivity index (χ3n) is 2.61. The van der Waals surface area contributed by atoms with Crippen LogP contribution in [0.15, 0.2) is 40.9 Å². The van der Waals surface area contributed by atoms with Crippen molar-refractivity contribution >= 4 is 11.8 Å². The van der Waals surface area contributed by atoms with Gasteiger partial charge in [-0.2, -0.15) is 13.2 Å². The van der Waals surface area contributed by atoms with Gasteiger partial charge in [0.15, 0.2) is 11.9 Å². The quantitative estimate of drug-likeness (QED) is 0.912. The van der Waals surface area contributed by atoms with Gasteiger partial charge in [0.25, 0.3) is 0 Å². The Balaban J connectivity index is 2.11. The van der Waals surface area contributed by atoms with Crippen LogP contribution in [0.3, 0.4) is 0 Å². The van der Waals surface area contributed by atoms with Gasteiger partial charge >= 0.3 is 12.2 Å². The standard InChI is InChI=1S/C13H12F3N3O2/c1-8-7-10(19-21-8)17-12(20)18-11(13(14,15)16)9-5-3-2-4-6-9/h2-7,11H,1H3,(H2,17,18,19,20). The van der Waals surface area contributed by atoms with Crippen molar-refractivity contribution in [1.82, 2.24) is 10.5 Å². The van der Waals surface area contributed by atoms with E-state index in [2.05, 4.69) is 10.5 Å². The third kappa shape index (κ3) is 3.98. The molecule has 0 saturated carbocycles. The Morgan fingerprint density at radius 3 is 2.48 bits per heavy atom. The monoisotopic (exact) mass is 299 g/mol. The van der Waals surface area contributed by atoms with Crippen molar-refractivity contribution in [3.05, 3.63) is 47.7 Å². The summed E-state index contributed by atoms with van der Waals surface area (Å²) in [6.07, 6.45) is -4.61. The van der Waals surface area contributed by atoms with Gasteiger partial charge in [-0.25, -0.2) is 4.79 Å². The lowest BCUT2D eigenvalue weighted by molar-refractivity contribution is -0.154. The molecule has 5 nitrogen and oxygen atoms in total. The highest BCUT2D eigenvalue weighted by Gasteiger charge is 2.41. The molecule has 2 amide bonds. The Bertz CT molecular complexity index is 611. The van der Waals surface area contributed by atoms with Crippen LogP contribution in [-0.4, -0.2) is 17.4 Å². The zero-order valence-corrected chi connectivity index (χ0v) is 10.9. The van der Waals surface area contributed by atoms with Crippen molar-refractivity contribution in [2.45, 2.75) is 19.1 Å². The molecular formula is C13H12F3N3O2. The number of benzene rings is 1. The number of nitrogens with zero attached hydrogens (tertiary/aromatic N) is 1. The number of rotatable bonds is 3. The minimum atomic E-state index is -4.61. The molecule has 0 aliphatic rings. The van der Waals surface area contributed by atoms with E-state index in [0.717, 1.165) is 0 Å². The van der Waals surface area contributed by atoms with E-state index in [1.54, 1.807) is 13.0 Å². The first-order valence-corrected chi connectivity index (χ1v) is 5.99. The average Bonchev–Trinajstić information content (AvgIpc) is 2.81. The lowest BCUT2D eigenvalue weighted by Gasteiger charge is -2.21. The molecule has 2 aromatic rings. The number of hydrogen-bond acceptors (Lipinski definition) is 3. The summed E-state index contributed by atoms with van der Waals surface area (Å²) in [5.74, 6) is 0.472. The summed E-state index contributed by atoms with van der Waals surface area (Å²) < 4.78 is 43.8. The maximum absolute atomic E-state index is 13.0. The Kier molecular flexibility index (Phi) is 4.15. The predicted molar refractivity (Wildman–Crippen MR) is 68.6 cm³/mol. The topological polar surface area (TPSA) is 67.2 Å². The molecule has 0 aliphatic carbocycles. The highest BCUT2D eigenvalue weighted by atomic mass is 19.4. The van der Waals surface area contributed by atoms with Crippen molar-refractivity contribution in [1.29, 1.82) is 0 Å². The molecule has 0 fully saturated rings. The second-order valence-corrected chi connectivity index (χ2v) is 4.31. The summed E-state index contributed by atoms with van der Waals surface area (Å²) in [4.78, 5) is 11.6. The van der Waals surface area contributed by atoms with Gasteiger partial charge in [-0.05, 0) is 12.5 Å². The molecule has 0 saturated heterocycles. The van der Waals surface area contributed by atoms with Gasteiger partial charge in [-0.15, -0.1) is 0 Å². The van der Waals surface area contributed by atoms with Crippen LogP contribution in [0.4, 0.5) is 23.8 Å². The van der Waals surface area contributed by atoms with Gasteiger partial charge < -0.3 is 9.84 Å². The molecule has 1 aromatic carbocycles. The minimum absolute atomic E-state index is 0.0407. The number of aryl methyl sites for hydroxylation is 1. The molecule has 0 aliphatic heterocycles. The summed E-state index contributed by atoms with van der Waals surface area (Å²) in [5.41, 5.74) is -0.0588. The van der Waals surface area contributed by atoms with E-state index in [-0.39, 0.29) is 11.4 Å². The second kappa shape index (κ2) is 5.86. The van der Waals surface area contributed by atoms with Crippen LogP contribution in [0, 0.1) is 6.92 Å². The molecule has 1 heterocycles. The highest BCUT2D eigenvalue weighted by molar-refractivity contribution is 5.88. The summed E-state index contributed by atoms with van der Waals surface area (Å²) in [6.45, 7) is 1.60. The summed E-state index contributed by atoms with van der Waals surface area (Å²) in [5, 5.41) is 7.52. The lowest BCUT2D eigenvalue weighted by atomic mass is 10.1. The molecule has 21 heavy (non-hydrogen) atoms. The second-order valence-electron chi connectivity index (χ2n) is 4.31. The molecule has 2 N–H and O–H groups in total. The third-order valence-corrected chi connectivity index (χ3v) is 2.61. The maximum atomic E-state index is 13.0. The smallest absolute Gasteiger partial charge is 0.360 e.